The molecule has 0 spiro atoms. The monoisotopic (exact) mass is 360 g/mol. The summed E-state index contributed by atoms with van der Waals surface area (Å²) in [7, 11) is 0. The fraction of sp³-hybridized carbons (Fsp3) is 0.579. The maximum atomic E-state index is 13.3. The normalized spacial score (nSPS) is 27.0. The Kier molecular flexibility index (Phi) is 4.91. The number of likely N-dealkylation sites (tertiary alicyclic amines) is 1. The number of imidazole rings is 1. The molecule has 2 N–H and O–H groups in total. The zero-order valence-corrected chi connectivity index (χ0v) is 14.8. The van der Waals surface area contributed by atoms with Crippen molar-refractivity contribution in [2.45, 2.75) is 44.2 Å². The Morgan fingerprint density at radius 2 is 2.23 bits per heavy atom. The van der Waals surface area contributed by atoms with Gasteiger partial charge in [-0.2, -0.15) is 0 Å². The van der Waals surface area contributed by atoms with E-state index < -0.39 is 0 Å². The van der Waals surface area contributed by atoms with E-state index in [1.54, 1.807) is 16.7 Å². The Hall–Kier alpha value is -1.99. The van der Waals surface area contributed by atoms with E-state index in [1.165, 1.54) is 12.3 Å². The van der Waals surface area contributed by atoms with E-state index in [-0.39, 0.29) is 30.3 Å². The van der Waals surface area contributed by atoms with Crippen molar-refractivity contribution in [3.8, 4) is 0 Å². The second-order valence-corrected chi connectivity index (χ2v) is 7.46. The highest BCUT2D eigenvalue weighted by Crippen LogP contribution is 2.27. The van der Waals surface area contributed by atoms with E-state index in [1.807, 2.05) is 4.90 Å². The van der Waals surface area contributed by atoms with Crippen LogP contribution in [0.4, 0.5) is 4.39 Å². The summed E-state index contributed by atoms with van der Waals surface area (Å²) in [4.78, 5) is 19.1. The van der Waals surface area contributed by atoms with Crippen LogP contribution in [0.3, 0.4) is 0 Å². The number of aromatic nitrogens is 2. The summed E-state index contributed by atoms with van der Waals surface area (Å²) in [6.45, 7) is 2.21. The molecular weight excluding hydrogens is 335 g/mol. The third-order valence-corrected chi connectivity index (χ3v) is 5.49. The average molecular weight is 360 g/mol. The van der Waals surface area contributed by atoms with Crippen molar-refractivity contribution < 1.29 is 13.9 Å². The van der Waals surface area contributed by atoms with Gasteiger partial charge >= 0.3 is 0 Å². The number of ether oxygens (including phenoxy) is 1. The minimum Gasteiger partial charge on any atom is -0.378 e. The van der Waals surface area contributed by atoms with Crippen LogP contribution < -0.4 is 5.73 Å². The van der Waals surface area contributed by atoms with Crippen molar-refractivity contribution in [2.75, 3.05) is 19.7 Å². The number of rotatable bonds is 3. The Labute approximate surface area is 152 Å². The van der Waals surface area contributed by atoms with E-state index in [0.717, 1.165) is 38.8 Å². The number of hydrogen-bond donors (Lipinski definition) is 1. The van der Waals surface area contributed by atoms with Gasteiger partial charge in [0.05, 0.1) is 18.2 Å². The van der Waals surface area contributed by atoms with Gasteiger partial charge in [-0.25, -0.2) is 9.37 Å². The molecule has 4 heterocycles. The Bertz CT molecular complexity index is 793. The minimum absolute atomic E-state index is 0.0682. The molecule has 6 nitrogen and oxygen atoms in total. The van der Waals surface area contributed by atoms with Crippen LogP contribution >= 0.6 is 0 Å². The number of piperidine rings is 1. The first kappa shape index (κ1) is 17.4. The molecule has 2 aromatic heterocycles. The van der Waals surface area contributed by atoms with Crippen LogP contribution in [-0.4, -0.2) is 52.0 Å². The molecule has 0 radical (unpaired) electrons. The Morgan fingerprint density at radius 1 is 1.35 bits per heavy atom. The van der Waals surface area contributed by atoms with E-state index in [9.17, 15) is 9.18 Å². The highest BCUT2D eigenvalue weighted by atomic mass is 19.1. The van der Waals surface area contributed by atoms with Crippen LogP contribution in [0.5, 0.6) is 0 Å². The third-order valence-electron chi connectivity index (χ3n) is 5.49. The first-order chi connectivity index (χ1) is 12.6. The maximum Gasteiger partial charge on any atom is 0.228 e. The predicted octanol–water partition coefficient (Wildman–Crippen LogP) is 1.76. The van der Waals surface area contributed by atoms with Crippen molar-refractivity contribution in [1.29, 1.82) is 0 Å². The number of nitrogens with zero attached hydrogens (tertiary/aromatic N) is 3. The van der Waals surface area contributed by atoms with Gasteiger partial charge < -0.3 is 19.8 Å². The summed E-state index contributed by atoms with van der Waals surface area (Å²) in [6, 6.07) is 3.19. The predicted molar refractivity (Wildman–Crippen MR) is 95.1 cm³/mol. The highest BCUT2D eigenvalue weighted by Gasteiger charge is 2.33. The van der Waals surface area contributed by atoms with Gasteiger partial charge in [-0.15, -0.1) is 0 Å². The van der Waals surface area contributed by atoms with E-state index in [4.69, 9.17) is 10.5 Å². The van der Waals surface area contributed by atoms with Gasteiger partial charge in [0.2, 0.25) is 5.91 Å². The summed E-state index contributed by atoms with van der Waals surface area (Å²) in [5, 5.41) is 0. The number of carbonyl (C=O) groups excluding carboxylic acids is 1. The van der Waals surface area contributed by atoms with E-state index >= 15 is 0 Å². The molecule has 3 unspecified atom stereocenters. The van der Waals surface area contributed by atoms with E-state index in [2.05, 4.69) is 4.98 Å². The zero-order chi connectivity index (χ0) is 18.1. The van der Waals surface area contributed by atoms with Crippen molar-refractivity contribution in [2.24, 2.45) is 11.7 Å². The molecule has 2 aliphatic rings. The molecule has 0 bridgehead atoms. The van der Waals surface area contributed by atoms with Gasteiger partial charge in [0.1, 0.15) is 11.5 Å². The van der Waals surface area contributed by atoms with Crippen LogP contribution in [-0.2, 0) is 16.0 Å². The van der Waals surface area contributed by atoms with Crippen molar-refractivity contribution in [3.63, 3.8) is 0 Å². The largest absolute Gasteiger partial charge is 0.378 e. The molecule has 2 saturated heterocycles. The van der Waals surface area contributed by atoms with Crippen molar-refractivity contribution in [1.82, 2.24) is 14.3 Å². The number of pyridine rings is 1. The molecule has 2 fully saturated rings. The van der Waals surface area contributed by atoms with Gasteiger partial charge in [0, 0.05) is 44.0 Å². The smallest absolute Gasteiger partial charge is 0.228 e. The summed E-state index contributed by atoms with van der Waals surface area (Å²) in [6.07, 6.45) is 7.35. The molecule has 2 aliphatic heterocycles. The quantitative estimate of drug-likeness (QED) is 0.905. The fourth-order valence-corrected chi connectivity index (χ4v) is 4.09. The minimum atomic E-state index is -0.322. The molecule has 3 atom stereocenters. The lowest BCUT2D eigenvalue weighted by Crippen LogP contribution is -2.47. The Balaban J connectivity index is 1.40. The molecule has 140 valence electrons. The van der Waals surface area contributed by atoms with Gasteiger partial charge in [0.15, 0.2) is 0 Å². The summed E-state index contributed by atoms with van der Waals surface area (Å²) in [5.74, 6) is 0.102. The summed E-state index contributed by atoms with van der Waals surface area (Å²) >= 11 is 0. The van der Waals surface area contributed by atoms with Crippen LogP contribution in [0, 0.1) is 11.7 Å². The lowest BCUT2D eigenvalue weighted by molar-refractivity contribution is -0.134. The topological polar surface area (TPSA) is 72.9 Å². The maximum absolute atomic E-state index is 13.3. The lowest BCUT2D eigenvalue weighted by Gasteiger charge is -2.39. The molecule has 4 rings (SSSR count). The number of halogens is 1. The highest BCUT2D eigenvalue weighted by molar-refractivity contribution is 5.78. The summed E-state index contributed by atoms with van der Waals surface area (Å²) in [5.41, 5.74) is 7.39. The first-order valence-corrected chi connectivity index (χ1v) is 9.36. The van der Waals surface area contributed by atoms with Gasteiger partial charge in [-0.3, -0.25) is 4.79 Å². The van der Waals surface area contributed by atoms with Gasteiger partial charge in [-0.1, -0.05) is 0 Å². The molecule has 7 heteroatoms. The van der Waals surface area contributed by atoms with Gasteiger partial charge in [0.25, 0.3) is 0 Å². The molecule has 2 aromatic rings. The third kappa shape index (κ3) is 3.73. The number of carbonyl (C=O) groups is 1. The second-order valence-electron chi connectivity index (χ2n) is 7.46. The number of nitrogens with two attached hydrogens (primary N) is 1. The van der Waals surface area contributed by atoms with Crippen molar-refractivity contribution >= 4 is 11.6 Å². The summed E-state index contributed by atoms with van der Waals surface area (Å²) < 4.78 is 20.8. The lowest BCUT2D eigenvalue weighted by atomic mass is 9.87. The zero-order valence-electron chi connectivity index (χ0n) is 14.8. The molecule has 0 aromatic carbocycles. The SMILES string of the molecule is NC1CCOC(C2CCCN(C(=O)Cc3cn4cc(F)ccc4n3)C2)C1. The van der Waals surface area contributed by atoms with Crippen LogP contribution in [0.25, 0.3) is 5.65 Å². The van der Waals surface area contributed by atoms with E-state index in [0.29, 0.717) is 23.9 Å². The molecular formula is C19H25FN4O2. The number of hydrogen-bond acceptors (Lipinski definition) is 4. The van der Waals surface area contributed by atoms with Gasteiger partial charge in [-0.05, 0) is 37.8 Å². The number of amides is 1. The average Bonchev–Trinajstić information content (AvgIpc) is 3.03. The second kappa shape index (κ2) is 7.32. The van der Waals surface area contributed by atoms with Crippen molar-refractivity contribution in [3.05, 3.63) is 36.0 Å². The number of fused-ring (bicyclic) bond motifs is 1. The van der Waals surface area contributed by atoms with Crippen LogP contribution in [0.15, 0.2) is 24.5 Å². The molecule has 1 amide bonds. The Morgan fingerprint density at radius 3 is 3.08 bits per heavy atom. The van der Waals surface area contributed by atoms with Crippen LogP contribution in [0.2, 0.25) is 0 Å². The fourth-order valence-electron chi connectivity index (χ4n) is 4.09. The standard InChI is InChI=1S/C19H25FN4O2/c20-14-3-4-18-22-16(12-24(18)11-14)9-19(25)23-6-1-2-13(10-23)17-8-15(21)5-7-26-17/h3-4,11-13,15,17H,1-2,5-10,21H2. The molecule has 26 heavy (non-hydrogen) atoms. The molecule has 0 saturated carbocycles. The first-order valence-electron chi connectivity index (χ1n) is 9.36. The molecule has 0 aliphatic carbocycles. The van der Waals surface area contributed by atoms with Crippen LogP contribution in [0.1, 0.15) is 31.4 Å².